The van der Waals surface area contributed by atoms with E-state index in [0.717, 1.165) is 25.4 Å². The molecule has 0 aromatic carbocycles. The van der Waals surface area contributed by atoms with Crippen molar-refractivity contribution in [1.29, 1.82) is 0 Å². The first-order valence-corrected chi connectivity index (χ1v) is 7.83. The van der Waals surface area contributed by atoms with Gasteiger partial charge in [0.25, 0.3) is 0 Å². The van der Waals surface area contributed by atoms with Gasteiger partial charge in [0.15, 0.2) is 0 Å². The van der Waals surface area contributed by atoms with E-state index < -0.39 is 0 Å². The second kappa shape index (κ2) is 6.36. The van der Waals surface area contributed by atoms with Crippen molar-refractivity contribution in [3.8, 4) is 0 Å². The molecule has 3 nitrogen and oxygen atoms in total. The fourth-order valence-corrected chi connectivity index (χ4v) is 3.61. The minimum Gasteiger partial charge on any atom is -0.396 e. The van der Waals surface area contributed by atoms with Crippen molar-refractivity contribution >= 4 is 0 Å². The predicted octanol–water partition coefficient (Wildman–Crippen LogP) is 2.00. The lowest BCUT2D eigenvalue weighted by Gasteiger charge is -2.36. The Labute approximate surface area is 112 Å². The molecule has 2 N–H and O–H groups in total. The Morgan fingerprint density at radius 3 is 2.61 bits per heavy atom. The number of nitrogens with one attached hydrogen (secondary N) is 1. The molecular formula is C15H30N2O. The van der Waals surface area contributed by atoms with Crippen LogP contribution in [0, 0.1) is 5.41 Å². The number of aliphatic hydroxyl groups excluding tert-OH is 1. The average Bonchev–Trinajstić information content (AvgIpc) is 2.85. The van der Waals surface area contributed by atoms with E-state index in [1.807, 2.05) is 0 Å². The quantitative estimate of drug-likeness (QED) is 0.761. The molecule has 0 radical (unpaired) electrons. The van der Waals surface area contributed by atoms with E-state index >= 15 is 0 Å². The van der Waals surface area contributed by atoms with Crippen LogP contribution in [-0.2, 0) is 0 Å². The first-order chi connectivity index (χ1) is 8.74. The summed E-state index contributed by atoms with van der Waals surface area (Å²) in [5.41, 5.74) is 0.0993. The van der Waals surface area contributed by atoms with Crippen molar-refractivity contribution in [2.24, 2.45) is 5.41 Å². The van der Waals surface area contributed by atoms with Gasteiger partial charge in [-0.15, -0.1) is 0 Å². The number of nitrogens with zero attached hydrogens (tertiary/aromatic N) is 1. The molecule has 2 rings (SSSR count). The van der Waals surface area contributed by atoms with E-state index in [9.17, 15) is 5.11 Å². The molecule has 0 spiro atoms. The van der Waals surface area contributed by atoms with Gasteiger partial charge in [0.1, 0.15) is 0 Å². The van der Waals surface area contributed by atoms with Gasteiger partial charge in [-0.3, -0.25) is 4.90 Å². The molecule has 2 atom stereocenters. The Hall–Kier alpha value is -0.120. The van der Waals surface area contributed by atoms with Gasteiger partial charge in [-0.2, -0.15) is 0 Å². The van der Waals surface area contributed by atoms with E-state index in [4.69, 9.17) is 0 Å². The van der Waals surface area contributed by atoms with Crippen molar-refractivity contribution in [1.82, 2.24) is 10.2 Å². The van der Waals surface area contributed by atoms with Gasteiger partial charge < -0.3 is 10.4 Å². The molecule has 2 fully saturated rings. The standard InChI is InChI=1S/C15H30N2O/c1-3-15(4-2,12-18)11-16-13-8-10-17-9-6-5-7-14(13)17/h13-14,16,18H,3-12H2,1-2H3. The molecule has 2 heterocycles. The summed E-state index contributed by atoms with van der Waals surface area (Å²) < 4.78 is 0. The highest BCUT2D eigenvalue weighted by atomic mass is 16.3. The van der Waals surface area contributed by atoms with Crippen LogP contribution in [0.5, 0.6) is 0 Å². The fourth-order valence-electron chi connectivity index (χ4n) is 3.61. The number of piperidine rings is 1. The summed E-state index contributed by atoms with van der Waals surface area (Å²) in [4.78, 5) is 2.67. The van der Waals surface area contributed by atoms with Crippen LogP contribution in [0.15, 0.2) is 0 Å². The molecule has 0 saturated carbocycles. The van der Waals surface area contributed by atoms with E-state index in [1.165, 1.54) is 38.8 Å². The van der Waals surface area contributed by atoms with Crippen LogP contribution in [-0.4, -0.2) is 48.3 Å². The molecule has 0 aromatic rings. The molecule has 0 aliphatic carbocycles. The summed E-state index contributed by atoms with van der Waals surface area (Å²) in [6.45, 7) is 8.26. The van der Waals surface area contributed by atoms with Crippen molar-refractivity contribution in [3.63, 3.8) is 0 Å². The maximum atomic E-state index is 9.63. The molecule has 18 heavy (non-hydrogen) atoms. The Morgan fingerprint density at radius 1 is 1.17 bits per heavy atom. The third-order valence-corrected chi connectivity index (χ3v) is 5.43. The average molecular weight is 254 g/mol. The second-order valence-corrected chi connectivity index (χ2v) is 6.24. The Balaban J connectivity index is 1.86. The van der Waals surface area contributed by atoms with E-state index in [-0.39, 0.29) is 5.41 Å². The SMILES string of the molecule is CCC(CC)(CO)CNC1CCN2CCCCC12. The van der Waals surface area contributed by atoms with Crippen LogP contribution < -0.4 is 5.32 Å². The molecule has 106 valence electrons. The summed E-state index contributed by atoms with van der Waals surface area (Å²) in [6.07, 6.45) is 7.56. The molecule has 2 aliphatic heterocycles. The highest BCUT2D eigenvalue weighted by Crippen LogP contribution is 2.29. The summed E-state index contributed by atoms with van der Waals surface area (Å²) >= 11 is 0. The third kappa shape index (κ3) is 2.89. The zero-order valence-corrected chi connectivity index (χ0v) is 12.1. The first-order valence-electron chi connectivity index (χ1n) is 7.83. The van der Waals surface area contributed by atoms with Crippen LogP contribution in [0.1, 0.15) is 52.4 Å². The lowest BCUT2D eigenvalue weighted by Crippen LogP contribution is -2.48. The van der Waals surface area contributed by atoms with Crippen molar-refractivity contribution in [3.05, 3.63) is 0 Å². The molecule has 2 saturated heterocycles. The Kier molecular flexibility index (Phi) is 5.05. The highest BCUT2D eigenvalue weighted by molar-refractivity contribution is 4.95. The fraction of sp³-hybridized carbons (Fsp3) is 1.00. The molecular weight excluding hydrogens is 224 g/mol. The third-order valence-electron chi connectivity index (χ3n) is 5.43. The molecule has 2 aliphatic rings. The Morgan fingerprint density at radius 2 is 1.94 bits per heavy atom. The number of fused-ring (bicyclic) bond motifs is 1. The zero-order chi connectivity index (χ0) is 13.0. The summed E-state index contributed by atoms with van der Waals surface area (Å²) in [6, 6.07) is 1.43. The van der Waals surface area contributed by atoms with Crippen molar-refractivity contribution in [2.75, 3.05) is 26.2 Å². The predicted molar refractivity (Wildman–Crippen MR) is 75.7 cm³/mol. The van der Waals surface area contributed by atoms with Crippen LogP contribution in [0.2, 0.25) is 0 Å². The number of aliphatic hydroxyl groups is 1. The molecule has 2 unspecified atom stereocenters. The van der Waals surface area contributed by atoms with Gasteiger partial charge in [-0.05, 0) is 38.6 Å². The normalized spacial score (nSPS) is 29.5. The van der Waals surface area contributed by atoms with Crippen LogP contribution >= 0.6 is 0 Å². The Bertz CT molecular complexity index is 245. The lowest BCUT2D eigenvalue weighted by atomic mass is 9.82. The zero-order valence-electron chi connectivity index (χ0n) is 12.1. The van der Waals surface area contributed by atoms with Gasteiger partial charge in [-0.1, -0.05) is 20.3 Å². The van der Waals surface area contributed by atoms with E-state index in [1.54, 1.807) is 0 Å². The lowest BCUT2D eigenvalue weighted by molar-refractivity contribution is 0.104. The maximum Gasteiger partial charge on any atom is 0.0499 e. The molecule has 0 bridgehead atoms. The van der Waals surface area contributed by atoms with Gasteiger partial charge >= 0.3 is 0 Å². The van der Waals surface area contributed by atoms with Gasteiger partial charge in [0, 0.05) is 37.2 Å². The van der Waals surface area contributed by atoms with Crippen molar-refractivity contribution in [2.45, 2.75) is 64.5 Å². The first kappa shape index (κ1) is 14.3. The summed E-state index contributed by atoms with van der Waals surface area (Å²) in [5, 5.41) is 13.4. The monoisotopic (exact) mass is 254 g/mol. The topological polar surface area (TPSA) is 35.5 Å². The molecule has 0 aromatic heterocycles. The highest BCUT2D eigenvalue weighted by Gasteiger charge is 2.36. The largest absolute Gasteiger partial charge is 0.396 e. The number of hydrogen-bond donors (Lipinski definition) is 2. The van der Waals surface area contributed by atoms with E-state index in [2.05, 4.69) is 24.1 Å². The van der Waals surface area contributed by atoms with Gasteiger partial charge in [0.2, 0.25) is 0 Å². The summed E-state index contributed by atoms with van der Waals surface area (Å²) in [5.74, 6) is 0. The minimum atomic E-state index is 0.0993. The molecule has 0 amide bonds. The molecule has 3 heteroatoms. The van der Waals surface area contributed by atoms with Gasteiger partial charge in [0.05, 0.1) is 0 Å². The van der Waals surface area contributed by atoms with Crippen LogP contribution in [0.25, 0.3) is 0 Å². The van der Waals surface area contributed by atoms with Gasteiger partial charge in [-0.25, -0.2) is 0 Å². The maximum absolute atomic E-state index is 9.63. The number of hydrogen-bond acceptors (Lipinski definition) is 3. The second-order valence-electron chi connectivity index (χ2n) is 6.24. The number of rotatable bonds is 6. The van der Waals surface area contributed by atoms with E-state index in [0.29, 0.717) is 12.6 Å². The van der Waals surface area contributed by atoms with Crippen LogP contribution in [0.3, 0.4) is 0 Å². The van der Waals surface area contributed by atoms with Crippen LogP contribution in [0.4, 0.5) is 0 Å². The van der Waals surface area contributed by atoms with Crippen molar-refractivity contribution < 1.29 is 5.11 Å². The smallest absolute Gasteiger partial charge is 0.0499 e. The minimum absolute atomic E-state index is 0.0993. The summed E-state index contributed by atoms with van der Waals surface area (Å²) in [7, 11) is 0.